The van der Waals surface area contributed by atoms with Crippen LogP contribution in [0.1, 0.15) is 65.3 Å². The van der Waals surface area contributed by atoms with Crippen molar-refractivity contribution in [3.05, 3.63) is 70.8 Å². The second kappa shape index (κ2) is 8.08. The molecule has 3 heterocycles. The zero-order valence-electron chi connectivity index (χ0n) is 17.8. The number of nitrogens with one attached hydrogen (secondary N) is 1. The molecule has 0 unspecified atom stereocenters. The number of amides is 2. The third kappa shape index (κ3) is 3.53. The van der Waals surface area contributed by atoms with Crippen LogP contribution in [0.15, 0.2) is 48.5 Å². The Morgan fingerprint density at radius 3 is 2.84 bits per heavy atom. The quantitative estimate of drug-likeness (QED) is 0.763. The largest absolute Gasteiger partial charge is 0.335 e. The molecule has 0 spiro atoms. The molecule has 0 radical (unpaired) electrons. The molecule has 3 aliphatic rings. The van der Waals surface area contributed by atoms with E-state index in [1.54, 1.807) is 13.0 Å². The van der Waals surface area contributed by atoms with Crippen molar-refractivity contribution in [2.45, 2.75) is 50.7 Å². The molecule has 0 bridgehead atoms. The van der Waals surface area contributed by atoms with E-state index >= 15 is 0 Å². The minimum Gasteiger partial charge on any atom is -0.335 e. The number of benzene rings is 2. The van der Waals surface area contributed by atoms with Gasteiger partial charge < -0.3 is 10.2 Å². The van der Waals surface area contributed by atoms with Crippen LogP contribution in [-0.4, -0.2) is 41.0 Å². The average molecular weight is 422 g/mol. The minimum atomic E-state index is -0.662. The Balaban J connectivity index is 1.38. The van der Waals surface area contributed by atoms with Crippen molar-refractivity contribution < 1.29 is 14.1 Å². The van der Waals surface area contributed by atoms with Gasteiger partial charge in [-0.2, -0.15) is 5.12 Å². The monoisotopic (exact) mass is 421 g/mol. The van der Waals surface area contributed by atoms with Crippen LogP contribution >= 0.6 is 0 Å². The summed E-state index contributed by atoms with van der Waals surface area (Å²) >= 11 is 0. The van der Waals surface area contributed by atoms with Gasteiger partial charge in [0.2, 0.25) is 5.91 Å². The van der Waals surface area contributed by atoms with E-state index in [0.717, 1.165) is 42.5 Å². The minimum absolute atomic E-state index is 0.0389. The molecule has 0 saturated carbocycles. The zero-order chi connectivity index (χ0) is 21.5. The van der Waals surface area contributed by atoms with Gasteiger partial charge in [-0.25, -0.2) is 0 Å². The van der Waals surface area contributed by atoms with E-state index in [1.807, 2.05) is 47.4 Å². The lowest BCUT2D eigenvalue weighted by Crippen LogP contribution is -2.57. The highest BCUT2D eigenvalue weighted by Gasteiger charge is 2.45. The van der Waals surface area contributed by atoms with Crippen LogP contribution in [0, 0.1) is 5.92 Å². The maximum atomic E-state index is 14.9. The second-order valence-corrected chi connectivity index (χ2v) is 8.96. The van der Waals surface area contributed by atoms with Gasteiger partial charge in [0, 0.05) is 18.2 Å². The lowest BCUT2D eigenvalue weighted by molar-refractivity contribution is -0.145. The fourth-order valence-corrected chi connectivity index (χ4v) is 5.47. The molecule has 31 heavy (non-hydrogen) atoms. The molecular formula is C25H28FN3O2. The summed E-state index contributed by atoms with van der Waals surface area (Å²) in [4.78, 5) is 27.9. The normalized spacial score (nSPS) is 25.8. The van der Waals surface area contributed by atoms with Crippen molar-refractivity contribution in [2.24, 2.45) is 5.92 Å². The summed E-state index contributed by atoms with van der Waals surface area (Å²) in [6, 6.07) is 14.2. The Hall–Kier alpha value is -2.73. The summed E-state index contributed by atoms with van der Waals surface area (Å²) in [7, 11) is 0. The van der Waals surface area contributed by atoms with Crippen molar-refractivity contribution in [1.82, 2.24) is 15.3 Å². The standard InChI is InChI=1S/C25H28FN3O2/c1-16(17-6-3-2-4-7-17)29(26)24(30)19-9-10-20-18(14-19)11-13-28-23(20)15-22-21(25(28)31)8-5-12-27-22/h2-4,6-7,9-10,14,16,21-23,27H,5,8,11-13,15H2,1H3/t16-,21+,22+,23+/m1/s1. The molecule has 5 nitrogen and oxygen atoms in total. The number of carbonyl (C=O) groups is 2. The first-order valence-electron chi connectivity index (χ1n) is 11.3. The lowest BCUT2D eigenvalue weighted by atomic mass is 9.77. The number of carbonyl (C=O) groups excluding carboxylic acids is 2. The topological polar surface area (TPSA) is 52.7 Å². The summed E-state index contributed by atoms with van der Waals surface area (Å²) in [5.74, 6) is -0.284. The van der Waals surface area contributed by atoms with Gasteiger partial charge in [0.05, 0.1) is 18.0 Å². The Bertz CT molecular complexity index is 996. The molecular weight excluding hydrogens is 393 g/mol. The van der Waals surface area contributed by atoms with Gasteiger partial charge in [0.15, 0.2) is 0 Å². The van der Waals surface area contributed by atoms with Gasteiger partial charge in [-0.1, -0.05) is 40.9 Å². The van der Waals surface area contributed by atoms with Crippen molar-refractivity contribution in [2.75, 3.05) is 13.1 Å². The van der Waals surface area contributed by atoms with E-state index in [-0.39, 0.29) is 23.9 Å². The molecule has 2 aromatic rings. The summed E-state index contributed by atoms with van der Waals surface area (Å²) < 4.78 is 14.9. The van der Waals surface area contributed by atoms with Gasteiger partial charge in [0.1, 0.15) is 0 Å². The fraction of sp³-hybridized carbons (Fsp3) is 0.440. The van der Waals surface area contributed by atoms with Gasteiger partial charge in [0.25, 0.3) is 5.91 Å². The number of fused-ring (bicyclic) bond motifs is 4. The first-order valence-corrected chi connectivity index (χ1v) is 11.3. The second-order valence-electron chi connectivity index (χ2n) is 8.96. The third-order valence-electron chi connectivity index (χ3n) is 7.22. The summed E-state index contributed by atoms with van der Waals surface area (Å²) in [6.45, 7) is 3.31. The van der Waals surface area contributed by atoms with E-state index in [4.69, 9.17) is 0 Å². The van der Waals surface area contributed by atoms with Crippen LogP contribution in [-0.2, 0) is 11.2 Å². The van der Waals surface area contributed by atoms with Crippen molar-refractivity contribution in [3.8, 4) is 0 Å². The maximum Gasteiger partial charge on any atom is 0.282 e. The summed E-state index contributed by atoms with van der Waals surface area (Å²) in [5, 5.41) is 3.84. The van der Waals surface area contributed by atoms with Crippen LogP contribution in [0.3, 0.4) is 0 Å². The molecule has 0 aromatic heterocycles. The molecule has 0 aliphatic carbocycles. The van der Waals surface area contributed by atoms with E-state index < -0.39 is 11.9 Å². The molecule has 2 amide bonds. The molecule has 5 rings (SSSR count). The molecule has 6 heteroatoms. The molecule has 2 saturated heterocycles. The van der Waals surface area contributed by atoms with Crippen molar-refractivity contribution in [3.63, 3.8) is 0 Å². The summed E-state index contributed by atoms with van der Waals surface area (Å²) in [6.07, 6.45) is 3.61. The van der Waals surface area contributed by atoms with E-state index in [9.17, 15) is 14.1 Å². The Morgan fingerprint density at radius 2 is 2.03 bits per heavy atom. The lowest BCUT2D eigenvalue weighted by Gasteiger charge is -2.48. The molecule has 3 aliphatic heterocycles. The Labute approximate surface area is 182 Å². The first-order chi connectivity index (χ1) is 15.0. The van der Waals surface area contributed by atoms with Crippen LogP contribution in [0.5, 0.6) is 0 Å². The number of rotatable bonds is 3. The Kier molecular flexibility index (Phi) is 5.26. The van der Waals surface area contributed by atoms with E-state index in [0.29, 0.717) is 23.7 Å². The zero-order valence-corrected chi connectivity index (χ0v) is 17.8. The van der Waals surface area contributed by atoms with Gasteiger partial charge >= 0.3 is 0 Å². The highest BCUT2D eigenvalue weighted by molar-refractivity contribution is 5.94. The van der Waals surface area contributed by atoms with E-state index in [1.165, 1.54) is 0 Å². The number of halogens is 1. The SMILES string of the molecule is C[C@H](c1ccccc1)N(F)C(=O)c1ccc2c(c1)CCN1C(=O)[C@H]3CCCN[C@H]3C[C@@H]21. The van der Waals surface area contributed by atoms with Crippen LogP contribution in [0.4, 0.5) is 4.48 Å². The predicted octanol–water partition coefficient (Wildman–Crippen LogP) is 3.97. The Morgan fingerprint density at radius 1 is 1.23 bits per heavy atom. The van der Waals surface area contributed by atoms with Gasteiger partial charge in [-0.3, -0.25) is 9.59 Å². The van der Waals surface area contributed by atoms with Crippen molar-refractivity contribution in [1.29, 1.82) is 0 Å². The van der Waals surface area contributed by atoms with Crippen LogP contribution in [0.25, 0.3) is 0 Å². The molecule has 2 aromatic carbocycles. The summed E-state index contributed by atoms with van der Waals surface area (Å²) in [5.41, 5.74) is 3.26. The first kappa shape index (κ1) is 20.2. The highest BCUT2D eigenvalue weighted by Crippen LogP contribution is 2.41. The highest BCUT2D eigenvalue weighted by atomic mass is 19.2. The number of hydrogen-bond acceptors (Lipinski definition) is 3. The fourth-order valence-electron chi connectivity index (χ4n) is 5.47. The molecule has 1 N–H and O–H groups in total. The van der Waals surface area contributed by atoms with Crippen LogP contribution in [0.2, 0.25) is 0 Å². The third-order valence-corrected chi connectivity index (χ3v) is 7.22. The molecule has 2 fully saturated rings. The number of hydrogen-bond donors (Lipinski definition) is 1. The number of nitrogens with zero attached hydrogens (tertiary/aromatic N) is 2. The predicted molar refractivity (Wildman–Crippen MR) is 116 cm³/mol. The molecule has 4 atom stereocenters. The number of piperidine rings is 2. The maximum absolute atomic E-state index is 14.9. The smallest absolute Gasteiger partial charge is 0.282 e. The average Bonchev–Trinajstić information content (AvgIpc) is 2.83. The van der Waals surface area contributed by atoms with Gasteiger partial charge in [-0.15, -0.1) is 0 Å². The molecule has 162 valence electrons. The van der Waals surface area contributed by atoms with Gasteiger partial charge in [-0.05, 0) is 68.0 Å². The van der Waals surface area contributed by atoms with E-state index in [2.05, 4.69) is 5.32 Å². The van der Waals surface area contributed by atoms with Crippen LogP contribution < -0.4 is 5.32 Å². The van der Waals surface area contributed by atoms with Crippen molar-refractivity contribution >= 4 is 11.8 Å².